The molecule has 0 aliphatic carbocycles. The van der Waals surface area contributed by atoms with Gasteiger partial charge in [-0.2, -0.15) is 10.4 Å². The fraction of sp³-hybridized carbons (Fsp3) is 0.348. The number of halogens is 1. The van der Waals surface area contributed by atoms with Gasteiger partial charge in [0, 0.05) is 18.7 Å². The Morgan fingerprint density at radius 3 is 2.84 bits per heavy atom. The number of benzene rings is 2. The van der Waals surface area contributed by atoms with E-state index in [1.807, 2.05) is 24.0 Å². The van der Waals surface area contributed by atoms with Crippen molar-refractivity contribution >= 4 is 23.7 Å². The van der Waals surface area contributed by atoms with Crippen molar-refractivity contribution in [2.75, 3.05) is 39.5 Å². The molecule has 1 heterocycles. The quantitative estimate of drug-likeness (QED) is 0.460. The van der Waals surface area contributed by atoms with Gasteiger partial charge in [0.15, 0.2) is 11.5 Å². The summed E-state index contributed by atoms with van der Waals surface area (Å²) >= 11 is 6.44. The van der Waals surface area contributed by atoms with E-state index in [9.17, 15) is 10.1 Å². The summed E-state index contributed by atoms with van der Waals surface area (Å²) in [7, 11) is 0. The van der Waals surface area contributed by atoms with Gasteiger partial charge in [0.25, 0.3) is 5.91 Å². The Morgan fingerprint density at radius 2 is 2.09 bits per heavy atom. The molecular weight excluding hydrogens is 432 g/mol. The van der Waals surface area contributed by atoms with Gasteiger partial charge in [-0.15, -0.1) is 0 Å². The van der Waals surface area contributed by atoms with Crippen molar-refractivity contribution in [1.29, 1.82) is 5.26 Å². The highest BCUT2D eigenvalue weighted by Gasteiger charge is 2.15. The molecule has 1 N–H and O–H groups in total. The third-order valence-electron chi connectivity index (χ3n) is 4.72. The standard InChI is InChI=1S/C23H25ClN4O4/c1-2-31-21-12-17(14-26-27-22(29)15-28-7-9-30-10-8-28)11-20(24)23(21)32-16-19-6-4-3-5-18(19)13-25/h3-6,11-12,14H,2,7-10,15-16H2,1H3,(H,27,29). The Bertz CT molecular complexity index is 1000. The van der Waals surface area contributed by atoms with Crippen molar-refractivity contribution in [1.82, 2.24) is 10.3 Å². The van der Waals surface area contributed by atoms with Crippen LogP contribution >= 0.6 is 11.6 Å². The molecule has 2 aromatic carbocycles. The van der Waals surface area contributed by atoms with Gasteiger partial charge in [0.1, 0.15) is 6.61 Å². The molecule has 32 heavy (non-hydrogen) atoms. The van der Waals surface area contributed by atoms with Crippen LogP contribution in [0.2, 0.25) is 5.02 Å². The number of amides is 1. The number of carbonyl (C=O) groups is 1. The van der Waals surface area contributed by atoms with Crippen molar-refractivity contribution in [3.63, 3.8) is 0 Å². The van der Waals surface area contributed by atoms with Crippen LogP contribution in [0.3, 0.4) is 0 Å². The lowest BCUT2D eigenvalue weighted by Gasteiger charge is -2.25. The average Bonchev–Trinajstić information content (AvgIpc) is 2.79. The Morgan fingerprint density at radius 1 is 1.31 bits per heavy atom. The lowest BCUT2D eigenvalue weighted by molar-refractivity contribution is -0.123. The van der Waals surface area contributed by atoms with Gasteiger partial charge in [-0.05, 0) is 30.7 Å². The molecular formula is C23H25ClN4O4. The van der Waals surface area contributed by atoms with Crippen molar-refractivity contribution in [3.8, 4) is 17.6 Å². The number of hydrazone groups is 1. The minimum Gasteiger partial charge on any atom is -0.490 e. The second kappa shape index (κ2) is 12.1. The van der Waals surface area contributed by atoms with E-state index in [0.29, 0.717) is 47.5 Å². The molecule has 0 atom stereocenters. The van der Waals surface area contributed by atoms with Crippen LogP contribution < -0.4 is 14.9 Å². The molecule has 8 nitrogen and oxygen atoms in total. The van der Waals surface area contributed by atoms with E-state index in [2.05, 4.69) is 16.6 Å². The summed E-state index contributed by atoms with van der Waals surface area (Å²) in [5.41, 5.74) is 4.47. The number of hydrogen-bond acceptors (Lipinski definition) is 7. The molecule has 1 saturated heterocycles. The molecule has 0 unspecified atom stereocenters. The summed E-state index contributed by atoms with van der Waals surface area (Å²) in [5, 5.41) is 13.6. The number of hydrogen-bond donors (Lipinski definition) is 1. The zero-order valence-electron chi connectivity index (χ0n) is 17.8. The maximum absolute atomic E-state index is 12.1. The third kappa shape index (κ3) is 6.69. The van der Waals surface area contributed by atoms with Crippen LogP contribution in [0.25, 0.3) is 0 Å². The van der Waals surface area contributed by atoms with Crippen LogP contribution in [-0.2, 0) is 16.1 Å². The maximum atomic E-state index is 12.1. The van der Waals surface area contributed by atoms with E-state index in [4.69, 9.17) is 25.8 Å². The van der Waals surface area contributed by atoms with Crippen LogP contribution in [0.5, 0.6) is 11.5 Å². The first kappa shape index (κ1) is 23.5. The van der Waals surface area contributed by atoms with Gasteiger partial charge in [-0.3, -0.25) is 9.69 Å². The van der Waals surface area contributed by atoms with E-state index >= 15 is 0 Å². The minimum absolute atomic E-state index is 0.175. The van der Waals surface area contributed by atoms with E-state index in [0.717, 1.165) is 18.7 Å². The zero-order chi connectivity index (χ0) is 22.8. The molecule has 3 rings (SSSR count). The molecule has 1 aliphatic heterocycles. The lowest BCUT2D eigenvalue weighted by Crippen LogP contribution is -2.42. The predicted octanol–water partition coefficient (Wildman–Crippen LogP) is 2.97. The Balaban J connectivity index is 1.65. The van der Waals surface area contributed by atoms with Gasteiger partial charge in [-0.1, -0.05) is 29.8 Å². The van der Waals surface area contributed by atoms with E-state index in [1.54, 1.807) is 24.3 Å². The van der Waals surface area contributed by atoms with Crippen LogP contribution in [0.15, 0.2) is 41.5 Å². The number of rotatable bonds is 9. The van der Waals surface area contributed by atoms with Gasteiger partial charge in [0.05, 0.1) is 49.2 Å². The smallest absolute Gasteiger partial charge is 0.254 e. The first-order valence-corrected chi connectivity index (χ1v) is 10.7. The van der Waals surface area contributed by atoms with Crippen molar-refractivity contribution in [2.24, 2.45) is 5.10 Å². The second-order valence-corrected chi connectivity index (χ2v) is 7.41. The second-order valence-electron chi connectivity index (χ2n) is 7.00. The minimum atomic E-state index is -0.199. The summed E-state index contributed by atoms with van der Waals surface area (Å²) in [6.45, 7) is 5.43. The van der Waals surface area contributed by atoms with Crippen LogP contribution in [0.4, 0.5) is 0 Å². The molecule has 1 aliphatic rings. The summed E-state index contributed by atoms with van der Waals surface area (Å²) in [6.07, 6.45) is 1.50. The first-order valence-electron chi connectivity index (χ1n) is 10.3. The predicted molar refractivity (Wildman–Crippen MR) is 121 cm³/mol. The molecule has 2 aromatic rings. The molecule has 0 bridgehead atoms. The molecule has 1 amide bonds. The molecule has 0 radical (unpaired) electrons. The maximum Gasteiger partial charge on any atom is 0.254 e. The monoisotopic (exact) mass is 456 g/mol. The fourth-order valence-electron chi connectivity index (χ4n) is 3.15. The molecule has 1 fully saturated rings. The number of carbonyl (C=O) groups excluding carboxylic acids is 1. The Hall–Kier alpha value is -3.12. The Labute approximate surface area is 192 Å². The summed E-state index contributed by atoms with van der Waals surface area (Å²) in [5.74, 6) is 0.640. The fourth-order valence-corrected chi connectivity index (χ4v) is 3.42. The lowest BCUT2D eigenvalue weighted by atomic mass is 10.1. The van der Waals surface area contributed by atoms with Crippen molar-refractivity contribution < 1.29 is 19.0 Å². The average molecular weight is 457 g/mol. The number of nitriles is 1. The summed E-state index contributed by atoms with van der Waals surface area (Å²) < 4.78 is 16.9. The van der Waals surface area contributed by atoms with Crippen LogP contribution in [-0.4, -0.2) is 56.5 Å². The number of nitrogens with zero attached hydrogens (tertiary/aromatic N) is 3. The molecule has 0 spiro atoms. The van der Waals surface area contributed by atoms with Gasteiger partial charge < -0.3 is 14.2 Å². The van der Waals surface area contributed by atoms with Crippen molar-refractivity contribution in [2.45, 2.75) is 13.5 Å². The van der Waals surface area contributed by atoms with Gasteiger partial charge in [0.2, 0.25) is 0 Å². The van der Waals surface area contributed by atoms with E-state index in [-0.39, 0.29) is 19.1 Å². The zero-order valence-corrected chi connectivity index (χ0v) is 18.6. The largest absolute Gasteiger partial charge is 0.490 e. The number of nitrogens with one attached hydrogen (secondary N) is 1. The van der Waals surface area contributed by atoms with Crippen molar-refractivity contribution in [3.05, 3.63) is 58.1 Å². The van der Waals surface area contributed by atoms with Crippen LogP contribution in [0.1, 0.15) is 23.6 Å². The highest BCUT2D eigenvalue weighted by atomic mass is 35.5. The normalized spacial score (nSPS) is 14.2. The third-order valence-corrected chi connectivity index (χ3v) is 5.00. The Kier molecular flexibility index (Phi) is 8.87. The molecule has 9 heteroatoms. The molecule has 168 valence electrons. The SMILES string of the molecule is CCOc1cc(C=NNC(=O)CN2CCOCC2)cc(Cl)c1OCc1ccccc1C#N. The number of morpholine rings is 1. The summed E-state index contributed by atoms with van der Waals surface area (Å²) in [6, 6.07) is 12.8. The van der Waals surface area contributed by atoms with Crippen LogP contribution in [0, 0.1) is 11.3 Å². The molecule has 0 saturated carbocycles. The first-order chi connectivity index (χ1) is 15.6. The van der Waals surface area contributed by atoms with E-state index < -0.39 is 0 Å². The highest BCUT2D eigenvalue weighted by molar-refractivity contribution is 6.32. The topological polar surface area (TPSA) is 96.2 Å². The molecule has 0 aromatic heterocycles. The van der Waals surface area contributed by atoms with Gasteiger partial charge >= 0.3 is 0 Å². The highest BCUT2D eigenvalue weighted by Crippen LogP contribution is 2.37. The summed E-state index contributed by atoms with van der Waals surface area (Å²) in [4.78, 5) is 14.1. The number of ether oxygens (including phenoxy) is 3. The van der Waals surface area contributed by atoms with Gasteiger partial charge in [-0.25, -0.2) is 5.43 Å². The van der Waals surface area contributed by atoms with E-state index in [1.165, 1.54) is 6.21 Å².